The lowest BCUT2D eigenvalue weighted by Gasteiger charge is -2.21. The third kappa shape index (κ3) is 4.74. The van der Waals surface area contributed by atoms with Crippen LogP contribution < -0.4 is 4.72 Å². The largest absolute Gasteiger partial charge is 0.295 e. The molecule has 0 aliphatic rings. The van der Waals surface area contributed by atoms with Crippen LogP contribution in [0.4, 0.5) is 5.69 Å². The van der Waals surface area contributed by atoms with Crippen molar-refractivity contribution in [1.82, 2.24) is 4.31 Å². The second kappa shape index (κ2) is 7.79. The van der Waals surface area contributed by atoms with E-state index in [9.17, 15) is 21.6 Å². The van der Waals surface area contributed by atoms with Crippen LogP contribution in [0.15, 0.2) is 58.3 Å². The van der Waals surface area contributed by atoms with Gasteiger partial charge in [-0.3, -0.25) is 9.52 Å². The van der Waals surface area contributed by atoms with Crippen LogP contribution in [0.1, 0.15) is 31.1 Å². The van der Waals surface area contributed by atoms with Crippen molar-refractivity contribution in [2.24, 2.45) is 0 Å². The summed E-state index contributed by atoms with van der Waals surface area (Å²) < 4.78 is 53.5. The minimum atomic E-state index is -3.91. The van der Waals surface area contributed by atoms with Gasteiger partial charge in [-0.2, -0.15) is 4.31 Å². The summed E-state index contributed by atoms with van der Waals surface area (Å²) >= 11 is 0. The van der Waals surface area contributed by atoms with Crippen LogP contribution in [-0.4, -0.2) is 40.0 Å². The first-order chi connectivity index (χ1) is 12.4. The maximum atomic E-state index is 12.5. The molecular formula is C18H22N2O5S2. The molecule has 27 heavy (non-hydrogen) atoms. The van der Waals surface area contributed by atoms with Gasteiger partial charge in [0.15, 0.2) is 5.78 Å². The van der Waals surface area contributed by atoms with Crippen molar-refractivity contribution < 1.29 is 21.6 Å². The molecule has 0 saturated heterocycles. The molecule has 0 aliphatic heterocycles. The number of hydrogen-bond acceptors (Lipinski definition) is 5. The number of carbonyl (C=O) groups is 1. The Morgan fingerprint density at radius 1 is 0.963 bits per heavy atom. The molecule has 0 bridgehead atoms. The minimum absolute atomic E-state index is 0.0496. The van der Waals surface area contributed by atoms with E-state index in [1.807, 2.05) is 0 Å². The number of ketones is 1. The van der Waals surface area contributed by atoms with Gasteiger partial charge in [0, 0.05) is 24.3 Å². The molecule has 0 fully saturated rings. The van der Waals surface area contributed by atoms with Crippen molar-refractivity contribution in [3.05, 3.63) is 54.1 Å². The average Bonchev–Trinajstić information content (AvgIpc) is 2.61. The number of nitrogens with zero attached hydrogens (tertiary/aromatic N) is 1. The lowest BCUT2D eigenvalue weighted by Crippen LogP contribution is -2.33. The van der Waals surface area contributed by atoms with Crippen molar-refractivity contribution in [3.8, 4) is 0 Å². The van der Waals surface area contributed by atoms with E-state index in [1.54, 1.807) is 13.8 Å². The smallest absolute Gasteiger partial charge is 0.261 e. The quantitative estimate of drug-likeness (QED) is 0.708. The Morgan fingerprint density at radius 2 is 1.56 bits per heavy atom. The predicted molar refractivity (Wildman–Crippen MR) is 104 cm³/mol. The van der Waals surface area contributed by atoms with Crippen LogP contribution >= 0.6 is 0 Å². The normalized spacial score (nSPS) is 12.4. The zero-order valence-corrected chi connectivity index (χ0v) is 17.1. The molecule has 0 saturated carbocycles. The Hall–Kier alpha value is -2.23. The first kappa shape index (κ1) is 21.1. The topological polar surface area (TPSA) is 101 Å². The van der Waals surface area contributed by atoms with Gasteiger partial charge in [0.25, 0.3) is 10.0 Å². The first-order valence-corrected chi connectivity index (χ1v) is 11.1. The fourth-order valence-electron chi connectivity index (χ4n) is 2.24. The van der Waals surface area contributed by atoms with Gasteiger partial charge in [-0.25, -0.2) is 16.8 Å². The standard InChI is InChI=1S/C18H22N2O5S2/c1-13(2)20(4)27(24,25)17-10-8-16(9-11-17)19-26(22,23)18-7-5-6-15(12-18)14(3)21/h5-13,19H,1-4H3. The van der Waals surface area contributed by atoms with Crippen LogP contribution in [-0.2, 0) is 20.0 Å². The van der Waals surface area contributed by atoms with Crippen LogP contribution in [0.3, 0.4) is 0 Å². The summed E-state index contributed by atoms with van der Waals surface area (Å²) in [5, 5.41) is 0. The number of benzene rings is 2. The molecule has 0 spiro atoms. The summed E-state index contributed by atoms with van der Waals surface area (Å²) in [6.07, 6.45) is 0. The summed E-state index contributed by atoms with van der Waals surface area (Å²) in [4.78, 5) is 11.5. The van der Waals surface area contributed by atoms with Crippen molar-refractivity contribution >= 4 is 31.5 Å². The van der Waals surface area contributed by atoms with Gasteiger partial charge >= 0.3 is 0 Å². The molecule has 0 amide bonds. The van der Waals surface area contributed by atoms with Gasteiger partial charge < -0.3 is 0 Å². The number of Topliss-reactive ketones (excluding diaryl/α,β-unsaturated/α-hetero) is 1. The Bertz CT molecular complexity index is 1040. The molecule has 0 aromatic heterocycles. The number of anilines is 1. The molecule has 146 valence electrons. The molecule has 7 nitrogen and oxygen atoms in total. The van der Waals surface area contributed by atoms with Crippen molar-refractivity contribution in [3.63, 3.8) is 0 Å². The zero-order valence-electron chi connectivity index (χ0n) is 15.5. The minimum Gasteiger partial charge on any atom is -0.295 e. The third-order valence-electron chi connectivity index (χ3n) is 4.06. The predicted octanol–water partition coefficient (Wildman–Crippen LogP) is 2.72. The number of carbonyl (C=O) groups excluding carboxylic acids is 1. The molecule has 9 heteroatoms. The van der Waals surface area contributed by atoms with Gasteiger partial charge in [0.2, 0.25) is 10.0 Å². The number of nitrogens with one attached hydrogen (secondary N) is 1. The second-order valence-electron chi connectivity index (χ2n) is 6.33. The van der Waals surface area contributed by atoms with Gasteiger partial charge in [-0.1, -0.05) is 12.1 Å². The summed E-state index contributed by atoms with van der Waals surface area (Å²) in [5.41, 5.74) is 0.505. The van der Waals surface area contributed by atoms with Crippen molar-refractivity contribution in [2.45, 2.75) is 36.6 Å². The number of hydrogen-bond donors (Lipinski definition) is 1. The first-order valence-electron chi connectivity index (χ1n) is 8.17. The van der Waals surface area contributed by atoms with E-state index in [0.717, 1.165) is 0 Å². The summed E-state index contributed by atoms with van der Waals surface area (Å²) in [7, 11) is -6.07. The lowest BCUT2D eigenvalue weighted by molar-refractivity contribution is 0.101. The highest BCUT2D eigenvalue weighted by Crippen LogP contribution is 2.21. The zero-order chi connectivity index (χ0) is 20.4. The van der Waals surface area contributed by atoms with E-state index < -0.39 is 20.0 Å². The van der Waals surface area contributed by atoms with E-state index >= 15 is 0 Å². The number of rotatable bonds is 7. The van der Waals surface area contributed by atoms with Crippen LogP contribution in [0.5, 0.6) is 0 Å². The molecule has 2 rings (SSSR count). The maximum absolute atomic E-state index is 12.5. The molecule has 0 radical (unpaired) electrons. The van der Waals surface area contributed by atoms with Crippen molar-refractivity contribution in [1.29, 1.82) is 0 Å². The lowest BCUT2D eigenvalue weighted by atomic mass is 10.2. The third-order valence-corrected chi connectivity index (χ3v) is 7.49. The molecule has 1 N–H and O–H groups in total. The average molecular weight is 411 g/mol. The van der Waals surface area contributed by atoms with E-state index in [1.165, 1.54) is 66.8 Å². The highest BCUT2D eigenvalue weighted by atomic mass is 32.2. The van der Waals surface area contributed by atoms with Crippen LogP contribution in [0.25, 0.3) is 0 Å². The maximum Gasteiger partial charge on any atom is 0.261 e. The van der Waals surface area contributed by atoms with Gasteiger partial charge in [0.1, 0.15) is 0 Å². The Balaban J connectivity index is 2.28. The molecule has 0 atom stereocenters. The monoisotopic (exact) mass is 410 g/mol. The Kier molecular flexibility index (Phi) is 6.08. The molecule has 0 heterocycles. The Labute approximate surface area is 160 Å². The Morgan fingerprint density at radius 3 is 2.07 bits per heavy atom. The van der Waals surface area contributed by atoms with Gasteiger partial charge in [-0.15, -0.1) is 0 Å². The van der Waals surface area contributed by atoms with Gasteiger partial charge in [0.05, 0.1) is 9.79 Å². The van der Waals surface area contributed by atoms with Crippen LogP contribution in [0.2, 0.25) is 0 Å². The SMILES string of the molecule is CC(=O)c1cccc(S(=O)(=O)Nc2ccc(S(=O)(=O)N(C)C(C)C)cc2)c1. The fourth-order valence-corrected chi connectivity index (χ4v) is 4.71. The highest BCUT2D eigenvalue weighted by Gasteiger charge is 2.23. The molecular weight excluding hydrogens is 388 g/mol. The van der Waals surface area contributed by atoms with Crippen molar-refractivity contribution in [2.75, 3.05) is 11.8 Å². The fraction of sp³-hybridized carbons (Fsp3) is 0.278. The molecule has 2 aromatic rings. The van der Waals surface area contributed by atoms with Gasteiger partial charge in [-0.05, 0) is 57.2 Å². The molecule has 0 aliphatic carbocycles. The second-order valence-corrected chi connectivity index (χ2v) is 10.0. The van der Waals surface area contributed by atoms with E-state index in [2.05, 4.69) is 4.72 Å². The highest BCUT2D eigenvalue weighted by molar-refractivity contribution is 7.92. The molecule has 0 unspecified atom stereocenters. The summed E-state index contributed by atoms with van der Waals surface area (Å²) in [5.74, 6) is -0.240. The van der Waals surface area contributed by atoms with E-state index in [4.69, 9.17) is 0 Å². The van der Waals surface area contributed by atoms with Crippen LogP contribution in [0, 0.1) is 0 Å². The number of sulfonamides is 2. The molecule has 2 aromatic carbocycles. The summed E-state index contributed by atoms with van der Waals surface area (Å²) in [6.45, 7) is 4.87. The van der Waals surface area contributed by atoms with E-state index in [0.29, 0.717) is 0 Å². The van der Waals surface area contributed by atoms with E-state index in [-0.39, 0.29) is 32.9 Å². The summed E-state index contributed by atoms with van der Waals surface area (Å²) in [6, 6.07) is 10.9.